The van der Waals surface area contributed by atoms with Crippen LogP contribution in [-0.2, 0) is 4.79 Å². The summed E-state index contributed by atoms with van der Waals surface area (Å²) in [5.74, 6) is 0.837. The molecule has 3 rings (SSSR count). The molecule has 22 heavy (non-hydrogen) atoms. The van der Waals surface area contributed by atoms with Crippen molar-refractivity contribution in [3.8, 4) is 10.8 Å². The highest BCUT2D eigenvalue weighted by molar-refractivity contribution is 7.99. The number of nitrogens with one attached hydrogen (secondary N) is 1. The second-order valence-electron chi connectivity index (χ2n) is 4.05. The fourth-order valence-corrected chi connectivity index (χ4v) is 2.84. The number of carbonyl (C=O) groups excluding carboxylic acids is 1. The number of rotatable bonds is 5. The van der Waals surface area contributed by atoms with Gasteiger partial charge in [0.05, 0.1) is 15.7 Å². The topological polar surface area (TPSA) is 80.9 Å². The van der Waals surface area contributed by atoms with Crippen LogP contribution >= 0.6 is 34.7 Å². The smallest absolute Gasteiger partial charge is 0.277 e. The number of nitrogens with zero attached hydrogens (tertiary/aromatic N) is 3. The molecule has 0 saturated heterocycles. The van der Waals surface area contributed by atoms with E-state index in [1.165, 1.54) is 29.3 Å². The number of thiophene rings is 1. The minimum atomic E-state index is -0.212. The molecule has 9 heteroatoms. The molecule has 1 amide bonds. The Balaban J connectivity index is 1.54. The molecule has 0 spiro atoms. The summed E-state index contributed by atoms with van der Waals surface area (Å²) in [5, 5.41) is 13.3. The Hall–Kier alpha value is -1.90. The summed E-state index contributed by atoms with van der Waals surface area (Å²) in [7, 11) is 0. The molecule has 1 N–H and O–H groups in total. The molecule has 0 aromatic carbocycles. The Morgan fingerprint density at radius 1 is 1.36 bits per heavy atom. The summed E-state index contributed by atoms with van der Waals surface area (Å²) in [6.45, 7) is 0. The van der Waals surface area contributed by atoms with Crippen molar-refractivity contribution in [1.29, 1.82) is 0 Å². The van der Waals surface area contributed by atoms with E-state index in [9.17, 15) is 4.79 Å². The summed E-state index contributed by atoms with van der Waals surface area (Å²) in [6, 6.07) is 7.09. The van der Waals surface area contributed by atoms with Crippen LogP contribution in [0.4, 0.5) is 5.82 Å². The molecule has 3 heterocycles. The average molecular weight is 353 g/mol. The van der Waals surface area contributed by atoms with E-state index in [-0.39, 0.29) is 11.7 Å². The Kier molecular flexibility index (Phi) is 4.71. The molecular formula is C13H9ClN4O2S2. The summed E-state index contributed by atoms with van der Waals surface area (Å²) >= 11 is 8.41. The van der Waals surface area contributed by atoms with Crippen molar-refractivity contribution < 1.29 is 9.21 Å². The van der Waals surface area contributed by atoms with Crippen LogP contribution in [0.1, 0.15) is 0 Å². The van der Waals surface area contributed by atoms with Crippen molar-refractivity contribution in [2.45, 2.75) is 5.22 Å². The van der Waals surface area contributed by atoms with Crippen LogP contribution in [0.2, 0.25) is 5.02 Å². The molecule has 0 aliphatic rings. The van der Waals surface area contributed by atoms with Gasteiger partial charge in [-0.3, -0.25) is 4.79 Å². The highest BCUT2D eigenvalue weighted by Gasteiger charge is 2.12. The molecule has 6 nitrogen and oxygen atoms in total. The van der Waals surface area contributed by atoms with Crippen LogP contribution in [0, 0.1) is 0 Å². The van der Waals surface area contributed by atoms with E-state index >= 15 is 0 Å². The first-order valence-corrected chi connectivity index (χ1v) is 8.36. The van der Waals surface area contributed by atoms with Crippen molar-refractivity contribution in [1.82, 2.24) is 15.2 Å². The molecule has 0 fully saturated rings. The standard InChI is InChI=1S/C13H9ClN4O2S2/c14-8-3-4-10(15-6-8)16-11(19)7-22-13-18-17-12(20-13)9-2-1-5-21-9/h1-6H,7H2,(H,15,16,19). The minimum absolute atomic E-state index is 0.149. The first kappa shape index (κ1) is 15.0. The van der Waals surface area contributed by atoms with Crippen LogP contribution in [0.5, 0.6) is 0 Å². The number of pyridine rings is 1. The number of amides is 1. The molecule has 0 unspecified atom stereocenters. The van der Waals surface area contributed by atoms with Crippen LogP contribution in [-0.4, -0.2) is 26.8 Å². The maximum atomic E-state index is 11.8. The normalized spacial score (nSPS) is 10.6. The molecule has 3 aromatic heterocycles. The maximum absolute atomic E-state index is 11.8. The van der Waals surface area contributed by atoms with E-state index in [1.807, 2.05) is 17.5 Å². The van der Waals surface area contributed by atoms with Crippen LogP contribution in [0.15, 0.2) is 45.5 Å². The quantitative estimate of drug-likeness (QED) is 0.707. The lowest BCUT2D eigenvalue weighted by Gasteiger charge is -2.02. The predicted octanol–water partition coefficient (Wildman–Crippen LogP) is 3.58. The maximum Gasteiger partial charge on any atom is 0.277 e. The van der Waals surface area contributed by atoms with E-state index in [0.29, 0.717) is 22.0 Å². The van der Waals surface area contributed by atoms with Gasteiger partial charge in [-0.1, -0.05) is 29.4 Å². The van der Waals surface area contributed by atoms with Gasteiger partial charge in [0.15, 0.2) is 0 Å². The molecule has 3 aromatic rings. The van der Waals surface area contributed by atoms with Gasteiger partial charge >= 0.3 is 0 Å². The second-order valence-corrected chi connectivity index (χ2v) is 6.36. The third-order valence-corrected chi connectivity index (χ3v) is 4.36. The van der Waals surface area contributed by atoms with Gasteiger partial charge in [0.2, 0.25) is 5.91 Å². The zero-order chi connectivity index (χ0) is 15.4. The number of aromatic nitrogens is 3. The number of thioether (sulfide) groups is 1. The van der Waals surface area contributed by atoms with Gasteiger partial charge in [-0.05, 0) is 23.6 Å². The molecular weight excluding hydrogens is 344 g/mol. The van der Waals surface area contributed by atoms with Crippen molar-refractivity contribution in [3.63, 3.8) is 0 Å². The summed E-state index contributed by atoms with van der Waals surface area (Å²) in [5.41, 5.74) is 0. The molecule has 0 bridgehead atoms. The zero-order valence-electron chi connectivity index (χ0n) is 11.0. The summed E-state index contributed by atoms with van der Waals surface area (Å²) in [4.78, 5) is 16.7. The number of hydrogen-bond donors (Lipinski definition) is 1. The van der Waals surface area contributed by atoms with Crippen LogP contribution in [0.3, 0.4) is 0 Å². The minimum Gasteiger partial charge on any atom is -0.410 e. The van der Waals surface area contributed by atoms with E-state index in [1.54, 1.807) is 12.1 Å². The number of anilines is 1. The lowest BCUT2D eigenvalue weighted by molar-refractivity contribution is -0.113. The molecule has 0 atom stereocenters. The first-order chi connectivity index (χ1) is 10.7. The third kappa shape index (κ3) is 3.85. The molecule has 112 valence electrons. The highest BCUT2D eigenvalue weighted by Crippen LogP contribution is 2.26. The second kappa shape index (κ2) is 6.91. The van der Waals surface area contributed by atoms with Gasteiger partial charge in [-0.2, -0.15) is 0 Å². The largest absolute Gasteiger partial charge is 0.410 e. The van der Waals surface area contributed by atoms with Crippen LogP contribution in [0.25, 0.3) is 10.8 Å². The zero-order valence-corrected chi connectivity index (χ0v) is 13.4. The van der Waals surface area contributed by atoms with E-state index in [4.69, 9.17) is 16.0 Å². The van der Waals surface area contributed by atoms with Gasteiger partial charge in [-0.25, -0.2) is 4.98 Å². The van der Waals surface area contributed by atoms with Crippen molar-refractivity contribution in [3.05, 3.63) is 40.9 Å². The number of halogens is 1. The molecule has 0 aliphatic heterocycles. The molecule has 0 aliphatic carbocycles. The Bertz CT molecular complexity index is 759. The van der Waals surface area contributed by atoms with Gasteiger partial charge in [0.1, 0.15) is 5.82 Å². The Morgan fingerprint density at radius 3 is 3.00 bits per heavy atom. The number of carbonyl (C=O) groups is 1. The molecule has 0 radical (unpaired) electrons. The third-order valence-electron chi connectivity index (χ3n) is 2.46. The fraction of sp³-hybridized carbons (Fsp3) is 0.0769. The fourth-order valence-electron chi connectivity index (χ4n) is 1.52. The van der Waals surface area contributed by atoms with Crippen molar-refractivity contribution in [2.75, 3.05) is 11.1 Å². The summed E-state index contributed by atoms with van der Waals surface area (Å²) in [6.07, 6.45) is 1.47. The van der Waals surface area contributed by atoms with E-state index < -0.39 is 0 Å². The van der Waals surface area contributed by atoms with Gasteiger partial charge in [0, 0.05) is 6.20 Å². The first-order valence-electron chi connectivity index (χ1n) is 6.12. The number of hydrogen-bond acceptors (Lipinski definition) is 7. The van der Waals surface area contributed by atoms with Crippen LogP contribution < -0.4 is 5.32 Å². The van der Waals surface area contributed by atoms with Gasteiger partial charge in [-0.15, -0.1) is 21.5 Å². The van der Waals surface area contributed by atoms with E-state index in [0.717, 1.165) is 4.88 Å². The Labute approximate surface area is 138 Å². The van der Waals surface area contributed by atoms with Gasteiger partial charge < -0.3 is 9.73 Å². The highest BCUT2D eigenvalue weighted by atomic mass is 35.5. The Morgan fingerprint density at radius 2 is 2.27 bits per heavy atom. The van der Waals surface area contributed by atoms with Crippen molar-refractivity contribution in [2.24, 2.45) is 0 Å². The lowest BCUT2D eigenvalue weighted by atomic mass is 10.4. The predicted molar refractivity (Wildman–Crippen MR) is 86.2 cm³/mol. The average Bonchev–Trinajstić information content (AvgIpc) is 3.18. The van der Waals surface area contributed by atoms with E-state index in [2.05, 4.69) is 20.5 Å². The van der Waals surface area contributed by atoms with Gasteiger partial charge in [0.25, 0.3) is 11.1 Å². The SMILES string of the molecule is O=C(CSc1nnc(-c2cccs2)o1)Nc1ccc(Cl)cn1. The van der Waals surface area contributed by atoms with Crippen molar-refractivity contribution >= 4 is 46.4 Å². The lowest BCUT2D eigenvalue weighted by Crippen LogP contribution is -2.14. The molecule has 0 saturated carbocycles. The summed E-state index contributed by atoms with van der Waals surface area (Å²) < 4.78 is 5.48. The monoisotopic (exact) mass is 352 g/mol.